The van der Waals surface area contributed by atoms with Crippen LogP contribution in [0.15, 0.2) is 40.3 Å². The molecule has 0 bridgehead atoms. The third-order valence-corrected chi connectivity index (χ3v) is 4.35. The van der Waals surface area contributed by atoms with Crippen molar-refractivity contribution < 1.29 is 9.15 Å². The molecule has 3 aromatic heterocycles. The smallest absolute Gasteiger partial charge is 0.311 e. The summed E-state index contributed by atoms with van der Waals surface area (Å²) in [5.74, 6) is 0.676. The normalized spacial score (nSPS) is 16.8. The summed E-state index contributed by atoms with van der Waals surface area (Å²) in [5.41, 5.74) is 1.39. The zero-order valence-electron chi connectivity index (χ0n) is 11.3. The standard InChI is InChI=1S/C14H10N4O3S/c19-18-9-3-5-20-14-11(9)17-12(21-14)10-7-16-13(22-10)8-2-1-4-15-6-8/h1-2,4,6-7,9H,3,5H2. The summed E-state index contributed by atoms with van der Waals surface area (Å²) in [6.07, 6.45) is 5.67. The number of rotatable bonds is 3. The maximum Gasteiger partial charge on any atom is 0.311 e. The molecular weight excluding hydrogens is 304 g/mol. The number of fused-ring (bicyclic) bond motifs is 1. The molecule has 3 aromatic rings. The van der Waals surface area contributed by atoms with Crippen LogP contribution in [-0.2, 0) is 0 Å². The Morgan fingerprint density at radius 3 is 3.14 bits per heavy atom. The van der Waals surface area contributed by atoms with Gasteiger partial charge in [-0.2, -0.15) is 4.91 Å². The molecule has 0 amide bonds. The van der Waals surface area contributed by atoms with Crippen LogP contribution in [0, 0.1) is 4.91 Å². The average Bonchev–Trinajstić information content (AvgIpc) is 3.21. The number of pyridine rings is 1. The van der Waals surface area contributed by atoms with Gasteiger partial charge in [0.15, 0.2) is 5.69 Å². The molecule has 7 nitrogen and oxygen atoms in total. The summed E-state index contributed by atoms with van der Waals surface area (Å²) >= 11 is 1.44. The summed E-state index contributed by atoms with van der Waals surface area (Å²) in [7, 11) is 0. The molecule has 1 atom stereocenters. The number of aromatic nitrogens is 3. The molecule has 0 radical (unpaired) electrons. The van der Waals surface area contributed by atoms with Crippen LogP contribution in [0.5, 0.6) is 5.95 Å². The minimum Gasteiger partial charge on any atom is -0.464 e. The molecule has 0 saturated carbocycles. The minimum atomic E-state index is -0.507. The van der Waals surface area contributed by atoms with Gasteiger partial charge >= 0.3 is 5.95 Å². The van der Waals surface area contributed by atoms with Crippen LogP contribution in [-0.4, -0.2) is 21.6 Å². The third kappa shape index (κ3) is 2.17. The first kappa shape index (κ1) is 13.1. The second-order valence-electron chi connectivity index (χ2n) is 4.72. The lowest BCUT2D eigenvalue weighted by Crippen LogP contribution is -2.11. The number of thiazole rings is 1. The number of nitrogens with zero attached hydrogens (tertiary/aromatic N) is 4. The summed E-state index contributed by atoms with van der Waals surface area (Å²) in [6, 6.07) is 3.28. The van der Waals surface area contributed by atoms with Crippen molar-refractivity contribution in [1.82, 2.24) is 15.0 Å². The summed E-state index contributed by atoms with van der Waals surface area (Å²) in [4.78, 5) is 24.4. The Balaban J connectivity index is 1.70. The zero-order valence-corrected chi connectivity index (χ0v) is 12.1. The van der Waals surface area contributed by atoms with Crippen molar-refractivity contribution >= 4 is 11.3 Å². The molecule has 1 unspecified atom stereocenters. The molecule has 8 heteroatoms. The van der Waals surface area contributed by atoms with E-state index in [1.807, 2.05) is 12.1 Å². The quantitative estimate of drug-likeness (QED) is 0.688. The van der Waals surface area contributed by atoms with Crippen LogP contribution in [0.1, 0.15) is 18.2 Å². The van der Waals surface area contributed by atoms with Gasteiger partial charge < -0.3 is 9.15 Å². The lowest BCUT2D eigenvalue weighted by Gasteiger charge is -2.13. The van der Waals surface area contributed by atoms with Crippen molar-refractivity contribution in [3.63, 3.8) is 0 Å². The third-order valence-electron chi connectivity index (χ3n) is 3.31. The molecular formula is C14H10N4O3S. The molecule has 22 heavy (non-hydrogen) atoms. The van der Waals surface area contributed by atoms with Crippen LogP contribution >= 0.6 is 11.3 Å². The fraction of sp³-hybridized carbons (Fsp3) is 0.214. The maximum absolute atomic E-state index is 10.9. The number of nitroso groups, excluding NO2 is 1. The highest BCUT2D eigenvalue weighted by molar-refractivity contribution is 7.18. The molecule has 0 aliphatic carbocycles. The minimum absolute atomic E-state index is 0.280. The summed E-state index contributed by atoms with van der Waals surface area (Å²) in [5, 5.41) is 3.90. The van der Waals surface area contributed by atoms with E-state index in [4.69, 9.17) is 9.15 Å². The number of hydrogen-bond acceptors (Lipinski definition) is 8. The van der Waals surface area contributed by atoms with Crippen molar-refractivity contribution in [2.24, 2.45) is 5.18 Å². The van der Waals surface area contributed by atoms with Crippen molar-refractivity contribution in [3.8, 4) is 27.3 Å². The predicted octanol–water partition coefficient (Wildman–Crippen LogP) is 3.45. The molecule has 110 valence electrons. The number of oxazole rings is 1. The number of ether oxygens (including phenoxy) is 1. The van der Waals surface area contributed by atoms with Gasteiger partial charge in [-0.3, -0.25) is 4.98 Å². The molecule has 4 rings (SSSR count). The van der Waals surface area contributed by atoms with Gasteiger partial charge in [0.2, 0.25) is 5.89 Å². The van der Waals surface area contributed by atoms with Gasteiger partial charge in [0.05, 0.1) is 12.8 Å². The molecule has 4 heterocycles. The molecule has 1 aliphatic heterocycles. The van der Waals surface area contributed by atoms with Gasteiger partial charge in [0.1, 0.15) is 15.9 Å². The largest absolute Gasteiger partial charge is 0.464 e. The molecule has 0 aromatic carbocycles. The van der Waals surface area contributed by atoms with Gasteiger partial charge in [0.25, 0.3) is 0 Å². The van der Waals surface area contributed by atoms with E-state index in [0.29, 0.717) is 24.6 Å². The Morgan fingerprint density at radius 1 is 1.36 bits per heavy atom. The average molecular weight is 314 g/mol. The van der Waals surface area contributed by atoms with Gasteiger partial charge in [-0.1, -0.05) is 5.18 Å². The fourth-order valence-electron chi connectivity index (χ4n) is 2.24. The van der Waals surface area contributed by atoms with E-state index in [2.05, 4.69) is 20.1 Å². The Bertz CT molecular complexity index is 815. The van der Waals surface area contributed by atoms with E-state index >= 15 is 0 Å². The second kappa shape index (κ2) is 5.30. The fourth-order valence-corrected chi connectivity index (χ4v) is 3.07. The monoisotopic (exact) mass is 314 g/mol. The second-order valence-corrected chi connectivity index (χ2v) is 5.75. The van der Waals surface area contributed by atoms with Crippen molar-refractivity contribution in [2.75, 3.05) is 6.61 Å². The highest BCUT2D eigenvalue weighted by Gasteiger charge is 2.29. The van der Waals surface area contributed by atoms with Gasteiger partial charge in [0, 0.05) is 24.4 Å². The highest BCUT2D eigenvalue weighted by Crippen LogP contribution is 2.39. The predicted molar refractivity (Wildman–Crippen MR) is 79.5 cm³/mol. The first-order valence-corrected chi connectivity index (χ1v) is 7.49. The zero-order chi connectivity index (χ0) is 14.9. The van der Waals surface area contributed by atoms with Crippen LogP contribution in [0.25, 0.3) is 21.3 Å². The van der Waals surface area contributed by atoms with E-state index in [-0.39, 0.29) is 5.95 Å². The van der Waals surface area contributed by atoms with E-state index in [0.717, 1.165) is 15.4 Å². The van der Waals surface area contributed by atoms with Crippen LogP contribution in [0.2, 0.25) is 0 Å². The first-order valence-electron chi connectivity index (χ1n) is 6.68. The summed E-state index contributed by atoms with van der Waals surface area (Å²) < 4.78 is 11.0. The molecule has 1 aliphatic rings. The van der Waals surface area contributed by atoms with E-state index in [1.54, 1.807) is 18.6 Å². The maximum atomic E-state index is 10.9. The van der Waals surface area contributed by atoms with Gasteiger partial charge in [-0.05, 0) is 12.1 Å². The Hall–Kier alpha value is -2.61. The van der Waals surface area contributed by atoms with Crippen molar-refractivity contribution in [1.29, 1.82) is 0 Å². The van der Waals surface area contributed by atoms with Crippen LogP contribution in [0.3, 0.4) is 0 Å². The Kier molecular flexibility index (Phi) is 3.15. The molecule has 0 fully saturated rings. The van der Waals surface area contributed by atoms with Crippen molar-refractivity contribution in [3.05, 3.63) is 41.3 Å². The van der Waals surface area contributed by atoms with Crippen molar-refractivity contribution in [2.45, 2.75) is 12.5 Å². The van der Waals surface area contributed by atoms with Gasteiger partial charge in [-0.15, -0.1) is 11.3 Å². The molecule has 0 saturated heterocycles. The number of hydrogen-bond donors (Lipinski definition) is 0. The van der Waals surface area contributed by atoms with E-state index in [1.165, 1.54) is 11.3 Å². The van der Waals surface area contributed by atoms with Crippen LogP contribution < -0.4 is 4.74 Å². The Labute approximate surface area is 129 Å². The topological polar surface area (TPSA) is 90.5 Å². The van der Waals surface area contributed by atoms with Crippen LogP contribution in [0.4, 0.5) is 0 Å². The molecule has 0 N–H and O–H groups in total. The highest BCUT2D eigenvalue weighted by atomic mass is 32.1. The van der Waals surface area contributed by atoms with Gasteiger partial charge in [-0.25, -0.2) is 9.97 Å². The van der Waals surface area contributed by atoms with E-state index < -0.39 is 6.04 Å². The molecule has 0 spiro atoms. The lowest BCUT2D eigenvalue weighted by atomic mass is 10.1. The SMILES string of the molecule is O=NC1CCOc2oc(-c3cnc(-c4cccnc4)s3)nc21. The Morgan fingerprint density at radius 2 is 2.32 bits per heavy atom. The lowest BCUT2D eigenvalue weighted by molar-refractivity contribution is 0.209. The first-order chi connectivity index (χ1) is 10.8. The van der Waals surface area contributed by atoms with E-state index in [9.17, 15) is 4.91 Å². The summed E-state index contributed by atoms with van der Waals surface area (Å²) in [6.45, 7) is 0.404.